The fourth-order valence-electron chi connectivity index (χ4n) is 7.19. The summed E-state index contributed by atoms with van der Waals surface area (Å²) in [4.78, 5) is 34.6. The molecule has 13 heteroatoms. The zero-order valence-electron chi connectivity index (χ0n) is 32.0. The predicted octanol–water partition coefficient (Wildman–Crippen LogP) is 8.74. The molecule has 0 unspecified atom stereocenters. The molecule has 296 valence electrons. The van der Waals surface area contributed by atoms with E-state index in [4.69, 9.17) is 23.1 Å². The van der Waals surface area contributed by atoms with Crippen LogP contribution in [0.4, 0.5) is 0 Å². The van der Waals surface area contributed by atoms with Gasteiger partial charge in [0, 0.05) is 43.3 Å². The van der Waals surface area contributed by atoms with E-state index in [1.165, 1.54) is 26.2 Å². The first kappa shape index (κ1) is 39.7. The van der Waals surface area contributed by atoms with E-state index in [-0.39, 0.29) is 31.3 Å². The van der Waals surface area contributed by atoms with Gasteiger partial charge in [-0.3, -0.25) is 18.6 Å². The number of carbonyl (C=O) groups is 2. The third kappa shape index (κ3) is 11.3. The summed E-state index contributed by atoms with van der Waals surface area (Å²) in [6.07, 6.45) is 9.19. The van der Waals surface area contributed by atoms with Crippen LogP contribution in [0.1, 0.15) is 79.0 Å². The third-order valence-corrected chi connectivity index (χ3v) is 11.5. The summed E-state index contributed by atoms with van der Waals surface area (Å²) >= 11 is 0. The molecule has 2 heterocycles. The van der Waals surface area contributed by atoms with Crippen LogP contribution in [-0.2, 0) is 55.7 Å². The number of rotatable bonds is 18. The molecule has 7 rings (SSSR count). The zero-order chi connectivity index (χ0) is 39.5. The van der Waals surface area contributed by atoms with E-state index in [0.29, 0.717) is 24.1 Å². The van der Waals surface area contributed by atoms with E-state index in [2.05, 4.69) is 20.8 Å². The number of hydrogen-bond donors (Lipinski definition) is 3. The summed E-state index contributed by atoms with van der Waals surface area (Å²) in [6.45, 7) is 1.41. The van der Waals surface area contributed by atoms with E-state index in [0.717, 1.165) is 52.4 Å². The fourth-order valence-corrected chi connectivity index (χ4v) is 8.36. The molecule has 2 aromatic heterocycles. The Balaban J connectivity index is 1.06. The Kier molecular flexibility index (Phi) is 13.3. The van der Waals surface area contributed by atoms with Crippen LogP contribution in [0, 0.1) is 5.92 Å². The highest BCUT2D eigenvalue weighted by molar-refractivity contribution is 7.48. The number of carbonyl (C=O) groups excluding carboxylic acids is 2. The van der Waals surface area contributed by atoms with Crippen molar-refractivity contribution in [2.24, 2.45) is 5.92 Å². The lowest BCUT2D eigenvalue weighted by Gasteiger charge is -2.22. The standard InChI is InChI=1S/C44H48N5O7P/c1-31(50)46-40(25-33-21-23-37(24-22-33)56-57(52,53-29-34-15-7-3-8-16-34)54-30-35-17-9-4-10-18-35)43(51)47-41(27-36-28-45-39-20-12-11-19-38(36)39)44-48-42(49-55-44)26-32-13-5-2-6-14-32/h3-4,7-12,15-24,28,32,40-41,45H,2,5-6,13-14,25-27,29-30H2,1H3,(H,46,50)(H,47,51)/t40-,41-/m0/s1. The second-order valence-electron chi connectivity index (χ2n) is 14.5. The number of para-hydroxylation sites is 1. The van der Waals surface area contributed by atoms with Gasteiger partial charge in [0.25, 0.3) is 0 Å². The molecule has 0 spiro atoms. The number of nitrogens with zero attached hydrogens (tertiary/aromatic N) is 2. The molecule has 0 aliphatic heterocycles. The van der Waals surface area contributed by atoms with Gasteiger partial charge in [0.1, 0.15) is 17.8 Å². The number of phosphoric acid groups is 1. The summed E-state index contributed by atoms with van der Waals surface area (Å²) in [5.74, 6) is 0.955. The van der Waals surface area contributed by atoms with Crippen LogP contribution in [0.3, 0.4) is 0 Å². The normalized spacial score (nSPS) is 14.5. The molecule has 0 saturated heterocycles. The highest BCUT2D eigenvalue weighted by Gasteiger charge is 2.31. The van der Waals surface area contributed by atoms with Crippen LogP contribution in [0.5, 0.6) is 5.75 Å². The van der Waals surface area contributed by atoms with Crippen molar-refractivity contribution in [1.82, 2.24) is 25.8 Å². The molecule has 6 aromatic rings. The number of benzene rings is 4. The van der Waals surface area contributed by atoms with E-state index in [9.17, 15) is 14.2 Å². The van der Waals surface area contributed by atoms with Gasteiger partial charge in [0.2, 0.25) is 17.7 Å². The molecule has 2 amide bonds. The number of nitrogens with one attached hydrogen (secondary N) is 3. The van der Waals surface area contributed by atoms with Crippen LogP contribution >= 0.6 is 7.82 Å². The summed E-state index contributed by atoms with van der Waals surface area (Å²) in [6, 6.07) is 31.8. The highest BCUT2D eigenvalue weighted by Crippen LogP contribution is 2.51. The Hall–Kier alpha value is -5.55. The van der Waals surface area contributed by atoms with Gasteiger partial charge in [0.15, 0.2) is 5.82 Å². The zero-order valence-corrected chi connectivity index (χ0v) is 32.9. The van der Waals surface area contributed by atoms with Crippen molar-refractivity contribution in [3.8, 4) is 5.75 Å². The first-order valence-electron chi connectivity index (χ1n) is 19.5. The van der Waals surface area contributed by atoms with E-state index in [1.807, 2.05) is 91.1 Å². The number of aromatic nitrogens is 3. The second-order valence-corrected chi connectivity index (χ2v) is 16.1. The van der Waals surface area contributed by atoms with Gasteiger partial charge in [-0.05, 0) is 46.4 Å². The Morgan fingerprint density at radius 2 is 1.46 bits per heavy atom. The summed E-state index contributed by atoms with van der Waals surface area (Å²) in [5.41, 5.74) is 4.30. The van der Waals surface area contributed by atoms with Gasteiger partial charge in [-0.1, -0.05) is 128 Å². The molecule has 0 radical (unpaired) electrons. The van der Waals surface area contributed by atoms with Gasteiger partial charge in [-0.15, -0.1) is 0 Å². The summed E-state index contributed by atoms with van der Waals surface area (Å²) in [7, 11) is -4.09. The lowest BCUT2D eigenvalue weighted by molar-refractivity contribution is -0.128. The van der Waals surface area contributed by atoms with E-state index in [1.54, 1.807) is 24.3 Å². The third-order valence-electron chi connectivity index (χ3n) is 10.1. The molecule has 12 nitrogen and oxygen atoms in total. The number of amides is 2. The maximum atomic E-state index is 14.1. The molecule has 1 aliphatic rings. The van der Waals surface area contributed by atoms with Crippen LogP contribution in [-0.4, -0.2) is 33.0 Å². The Bertz CT molecular complexity index is 2210. The minimum absolute atomic E-state index is 0.0191. The number of hydrogen-bond acceptors (Lipinski definition) is 9. The number of phosphoric ester groups is 1. The van der Waals surface area contributed by atoms with Gasteiger partial charge < -0.3 is 24.7 Å². The first-order chi connectivity index (χ1) is 27.8. The predicted molar refractivity (Wildman–Crippen MR) is 216 cm³/mol. The molecular weight excluding hydrogens is 741 g/mol. The number of H-pyrrole nitrogens is 1. The van der Waals surface area contributed by atoms with Crippen LogP contribution in [0.25, 0.3) is 10.9 Å². The first-order valence-corrected chi connectivity index (χ1v) is 20.9. The SMILES string of the molecule is CC(=O)N[C@@H](Cc1ccc(OP(=O)(OCc2ccccc2)OCc2ccccc2)cc1)C(=O)N[C@@H](Cc1c[nH]c2ccccc12)c1nc(CC2CCCCC2)no1. The quantitative estimate of drug-likeness (QED) is 0.0725. The molecule has 1 fully saturated rings. The van der Waals surface area contributed by atoms with Crippen molar-refractivity contribution in [1.29, 1.82) is 0 Å². The van der Waals surface area contributed by atoms with Crippen molar-refractivity contribution in [2.75, 3.05) is 0 Å². The van der Waals surface area contributed by atoms with E-state index >= 15 is 0 Å². The van der Waals surface area contributed by atoms with Crippen molar-refractivity contribution < 1.29 is 32.2 Å². The average molecular weight is 790 g/mol. The number of aromatic amines is 1. The highest BCUT2D eigenvalue weighted by atomic mass is 31.2. The number of fused-ring (bicyclic) bond motifs is 1. The molecule has 1 saturated carbocycles. The van der Waals surface area contributed by atoms with Crippen LogP contribution < -0.4 is 15.2 Å². The van der Waals surface area contributed by atoms with Crippen molar-refractivity contribution in [3.05, 3.63) is 149 Å². The molecule has 57 heavy (non-hydrogen) atoms. The molecule has 0 bridgehead atoms. The molecular formula is C44H48N5O7P. The minimum atomic E-state index is -4.09. The maximum Gasteiger partial charge on any atom is 0.530 e. The maximum absolute atomic E-state index is 14.1. The second kappa shape index (κ2) is 19.1. The molecule has 1 aliphatic carbocycles. The largest absolute Gasteiger partial charge is 0.530 e. The van der Waals surface area contributed by atoms with Crippen LogP contribution in [0.15, 0.2) is 120 Å². The topological polar surface area (TPSA) is 158 Å². The van der Waals surface area contributed by atoms with Gasteiger partial charge in [-0.25, -0.2) is 4.57 Å². The Morgan fingerprint density at radius 1 is 0.807 bits per heavy atom. The van der Waals surface area contributed by atoms with Crippen molar-refractivity contribution >= 4 is 30.5 Å². The van der Waals surface area contributed by atoms with Crippen LogP contribution in [0.2, 0.25) is 0 Å². The van der Waals surface area contributed by atoms with Crippen molar-refractivity contribution in [3.63, 3.8) is 0 Å². The van der Waals surface area contributed by atoms with E-state index < -0.39 is 25.8 Å². The monoisotopic (exact) mass is 789 g/mol. The smallest absolute Gasteiger partial charge is 0.404 e. The molecule has 2 atom stereocenters. The molecule has 4 aromatic carbocycles. The van der Waals surface area contributed by atoms with Gasteiger partial charge >= 0.3 is 7.82 Å². The van der Waals surface area contributed by atoms with Gasteiger partial charge in [0.05, 0.1) is 13.2 Å². The van der Waals surface area contributed by atoms with Gasteiger partial charge in [-0.2, -0.15) is 4.98 Å². The Morgan fingerprint density at radius 3 is 2.12 bits per heavy atom. The summed E-state index contributed by atoms with van der Waals surface area (Å²) < 4.78 is 37.2. The lowest BCUT2D eigenvalue weighted by atomic mass is 9.87. The minimum Gasteiger partial charge on any atom is -0.404 e. The summed E-state index contributed by atoms with van der Waals surface area (Å²) in [5, 5.41) is 11.3. The average Bonchev–Trinajstić information content (AvgIpc) is 3.88. The lowest BCUT2D eigenvalue weighted by Crippen LogP contribution is -2.48. The fraction of sp³-hybridized carbons (Fsp3) is 0.318. The molecule has 3 N–H and O–H groups in total. The Labute approximate surface area is 332 Å². The van der Waals surface area contributed by atoms with Crippen molar-refractivity contribution in [2.45, 2.75) is 83.6 Å².